The summed E-state index contributed by atoms with van der Waals surface area (Å²) >= 11 is 0. The van der Waals surface area contributed by atoms with E-state index in [0.29, 0.717) is 43.0 Å². The molecular weight excluding hydrogens is 331 g/mol. The number of carbonyl (C=O) groups is 1. The first-order valence-corrected chi connectivity index (χ1v) is 8.59. The maximum Gasteiger partial charge on any atom is 0.169 e. The van der Waals surface area contributed by atoms with E-state index in [1.165, 1.54) is 12.1 Å². The van der Waals surface area contributed by atoms with Gasteiger partial charge in [0.1, 0.15) is 17.5 Å². The summed E-state index contributed by atoms with van der Waals surface area (Å²) in [4.78, 5) is 19.3. The fourth-order valence-corrected chi connectivity index (χ4v) is 3.51. The molecule has 1 aliphatic rings. The molecule has 0 radical (unpaired) electrons. The minimum atomic E-state index is -0.341. The number of imidazole rings is 1. The van der Waals surface area contributed by atoms with Crippen LogP contribution >= 0.6 is 0 Å². The van der Waals surface area contributed by atoms with Crippen LogP contribution in [0.15, 0.2) is 48.7 Å². The molecule has 6 heteroatoms. The third-order valence-electron chi connectivity index (χ3n) is 4.91. The highest BCUT2D eigenvalue weighted by Crippen LogP contribution is 2.28. The lowest BCUT2D eigenvalue weighted by molar-refractivity contribution is 0.0900. The lowest BCUT2D eigenvalue weighted by Gasteiger charge is -2.31. The van der Waals surface area contributed by atoms with Crippen molar-refractivity contribution < 1.29 is 9.18 Å². The Morgan fingerprint density at radius 2 is 1.88 bits per heavy atom. The third-order valence-corrected chi connectivity index (χ3v) is 4.91. The Bertz CT molecular complexity index is 995. The lowest BCUT2D eigenvalue weighted by Crippen LogP contribution is -2.37. The number of ketones is 1. The molecule has 0 spiro atoms. The van der Waals surface area contributed by atoms with Crippen molar-refractivity contribution in [2.75, 3.05) is 18.0 Å². The van der Waals surface area contributed by atoms with Gasteiger partial charge in [-0.3, -0.25) is 9.20 Å². The molecule has 1 saturated heterocycles. The van der Waals surface area contributed by atoms with Gasteiger partial charge in [0.05, 0.1) is 0 Å². The number of aromatic nitrogens is 2. The molecule has 1 fully saturated rings. The highest BCUT2D eigenvalue weighted by molar-refractivity contribution is 5.98. The Hall–Kier alpha value is -3.20. The quantitative estimate of drug-likeness (QED) is 0.680. The van der Waals surface area contributed by atoms with Crippen molar-refractivity contribution in [3.63, 3.8) is 0 Å². The SMILES string of the molecule is N#Cc1c(N2CCC(C(=O)c3ccc(F)cc3)CC2)nc2ccccn12. The minimum absolute atomic E-state index is 0.0557. The molecule has 0 bridgehead atoms. The highest BCUT2D eigenvalue weighted by atomic mass is 19.1. The van der Waals surface area contributed by atoms with Gasteiger partial charge in [-0.2, -0.15) is 5.26 Å². The first kappa shape index (κ1) is 16.3. The number of nitriles is 1. The molecular formula is C20H17FN4O. The number of carbonyl (C=O) groups excluding carboxylic acids is 1. The van der Waals surface area contributed by atoms with Crippen molar-refractivity contribution in [3.05, 3.63) is 65.7 Å². The molecule has 0 aliphatic carbocycles. The zero-order valence-corrected chi connectivity index (χ0v) is 14.1. The molecule has 3 aromatic rings. The fourth-order valence-electron chi connectivity index (χ4n) is 3.51. The Labute approximate surface area is 150 Å². The van der Waals surface area contributed by atoms with Gasteiger partial charge in [0, 0.05) is 30.8 Å². The van der Waals surface area contributed by atoms with E-state index in [0.717, 1.165) is 5.65 Å². The average molecular weight is 348 g/mol. The molecule has 0 amide bonds. The standard InChI is InChI=1S/C20H17FN4O/c21-16-6-4-14(5-7-16)19(26)15-8-11-24(12-9-15)20-17(13-22)25-10-2-1-3-18(25)23-20/h1-7,10,15H,8-9,11-12H2. The topological polar surface area (TPSA) is 61.4 Å². The van der Waals surface area contributed by atoms with E-state index in [1.807, 2.05) is 24.4 Å². The molecule has 130 valence electrons. The molecule has 1 aliphatic heterocycles. The average Bonchev–Trinajstić information content (AvgIpc) is 3.07. The summed E-state index contributed by atoms with van der Waals surface area (Å²) < 4.78 is 14.8. The fraction of sp³-hybridized carbons (Fsp3) is 0.250. The summed E-state index contributed by atoms with van der Waals surface area (Å²) in [6.45, 7) is 1.33. The van der Waals surface area contributed by atoms with E-state index >= 15 is 0 Å². The Kier molecular flexibility index (Phi) is 4.13. The van der Waals surface area contributed by atoms with Gasteiger partial charge in [0.2, 0.25) is 0 Å². The molecule has 1 aromatic carbocycles. The molecule has 26 heavy (non-hydrogen) atoms. The molecule has 0 saturated carbocycles. The minimum Gasteiger partial charge on any atom is -0.354 e. The highest BCUT2D eigenvalue weighted by Gasteiger charge is 2.28. The second-order valence-electron chi connectivity index (χ2n) is 6.46. The largest absolute Gasteiger partial charge is 0.354 e. The number of fused-ring (bicyclic) bond motifs is 1. The predicted octanol–water partition coefficient (Wildman–Crippen LogP) is 3.44. The summed E-state index contributed by atoms with van der Waals surface area (Å²) in [5.41, 5.74) is 1.81. The van der Waals surface area contributed by atoms with Crippen LogP contribution < -0.4 is 4.90 Å². The van der Waals surface area contributed by atoms with Crippen molar-refractivity contribution in [1.29, 1.82) is 5.26 Å². The number of nitrogens with zero attached hydrogens (tertiary/aromatic N) is 4. The van der Waals surface area contributed by atoms with Crippen molar-refractivity contribution in [1.82, 2.24) is 9.38 Å². The molecule has 0 unspecified atom stereocenters. The number of benzene rings is 1. The zero-order valence-electron chi connectivity index (χ0n) is 14.1. The van der Waals surface area contributed by atoms with E-state index in [4.69, 9.17) is 0 Å². The van der Waals surface area contributed by atoms with E-state index in [2.05, 4.69) is 16.0 Å². The van der Waals surface area contributed by atoms with Gasteiger partial charge in [-0.05, 0) is 49.2 Å². The number of Topliss-reactive ketones (excluding diaryl/α,β-unsaturated/α-hetero) is 1. The second-order valence-corrected chi connectivity index (χ2v) is 6.46. The van der Waals surface area contributed by atoms with Crippen molar-refractivity contribution in [3.8, 4) is 6.07 Å². The molecule has 3 heterocycles. The van der Waals surface area contributed by atoms with Crippen molar-refractivity contribution in [2.24, 2.45) is 5.92 Å². The molecule has 4 rings (SSSR count). The Morgan fingerprint density at radius 3 is 2.58 bits per heavy atom. The van der Waals surface area contributed by atoms with Crippen LogP contribution in [0.4, 0.5) is 10.2 Å². The summed E-state index contributed by atoms with van der Waals surface area (Å²) in [6.07, 6.45) is 3.21. The van der Waals surface area contributed by atoms with Gasteiger partial charge in [-0.15, -0.1) is 0 Å². The van der Waals surface area contributed by atoms with Gasteiger partial charge in [0.25, 0.3) is 0 Å². The van der Waals surface area contributed by atoms with E-state index < -0.39 is 0 Å². The number of hydrogen-bond donors (Lipinski definition) is 0. The number of anilines is 1. The first-order chi connectivity index (χ1) is 12.7. The van der Waals surface area contributed by atoms with Gasteiger partial charge in [-0.25, -0.2) is 9.37 Å². The molecule has 2 aromatic heterocycles. The van der Waals surface area contributed by atoms with Crippen molar-refractivity contribution >= 4 is 17.2 Å². The third kappa shape index (κ3) is 2.82. The maximum absolute atomic E-state index is 13.0. The summed E-state index contributed by atoms with van der Waals surface area (Å²) in [7, 11) is 0. The summed E-state index contributed by atoms with van der Waals surface area (Å²) in [6, 6.07) is 13.6. The van der Waals surface area contributed by atoms with Crippen LogP contribution in [-0.2, 0) is 0 Å². The normalized spacial score (nSPS) is 15.2. The van der Waals surface area contributed by atoms with Gasteiger partial charge >= 0.3 is 0 Å². The number of rotatable bonds is 3. The predicted molar refractivity (Wildman–Crippen MR) is 95.6 cm³/mol. The number of hydrogen-bond acceptors (Lipinski definition) is 4. The van der Waals surface area contributed by atoms with Gasteiger partial charge in [0.15, 0.2) is 17.3 Å². The van der Waals surface area contributed by atoms with Crippen LogP contribution in [0.25, 0.3) is 5.65 Å². The summed E-state index contributed by atoms with van der Waals surface area (Å²) in [5.74, 6) is 0.304. The van der Waals surface area contributed by atoms with Crippen LogP contribution in [0.2, 0.25) is 0 Å². The zero-order chi connectivity index (χ0) is 18.1. The first-order valence-electron chi connectivity index (χ1n) is 8.59. The molecule has 0 atom stereocenters. The Balaban J connectivity index is 1.51. The van der Waals surface area contributed by atoms with Gasteiger partial charge in [-0.1, -0.05) is 6.07 Å². The Morgan fingerprint density at radius 1 is 1.15 bits per heavy atom. The lowest BCUT2D eigenvalue weighted by atomic mass is 9.89. The molecule has 5 nitrogen and oxygen atoms in total. The van der Waals surface area contributed by atoms with E-state index in [9.17, 15) is 14.4 Å². The smallest absolute Gasteiger partial charge is 0.169 e. The van der Waals surface area contributed by atoms with Crippen LogP contribution in [0.3, 0.4) is 0 Å². The van der Waals surface area contributed by atoms with Crippen LogP contribution in [-0.4, -0.2) is 28.3 Å². The van der Waals surface area contributed by atoms with E-state index in [1.54, 1.807) is 16.5 Å². The number of halogens is 1. The summed E-state index contributed by atoms with van der Waals surface area (Å²) in [5, 5.41) is 9.53. The van der Waals surface area contributed by atoms with E-state index in [-0.39, 0.29) is 17.5 Å². The maximum atomic E-state index is 13.0. The molecule has 0 N–H and O–H groups in total. The van der Waals surface area contributed by atoms with Gasteiger partial charge < -0.3 is 4.90 Å². The van der Waals surface area contributed by atoms with Crippen LogP contribution in [0.1, 0.15) is 28.9 Å². The van der Waals surface area contributed by atoms with Crippen LogP contribution in [0.5, 0.6) is 0 Å². The number of pyridine rings is 1. The second kappa shape index (κ2) is 6.60. The van der Waals surface area contributed by atoms with Crippen molar-refractivity contribution in [2.45, 2.75) is 12.8 Å². The van der Waals surface area contributed by atoms with Crippen LogP contribution in [0, 0.1) is 23.1 Å². The monoisotopic (exact) mass is 348 g/mol. The number of piperidine rings is 1.